The van der Waals surface area contributed by atoms with E-state index in [0.717, 1.165) is 5.56 Å². The van der Waals surface area contributed by atoms with E-state index in [0.29, 0.717) is 5.69 Å². The number of amides is 2. The maximum Gasteiger partial charge on any atom is 0.319 e. The number of carbonyl (C=O) groups is 1. The molecule has 0 heterocycles. The van der Waals surface area contributed by atoms with Gasteiger partial charge < -0.3 is 16.4 Å². The second-order valence-electron chi connectivity index (χ2n) is 3.64. The topological polar surface area (TPSA) is 67.1 Å². The van der Waals surface area contributed by atoms with Crippen molar-refractivity contribution in [1.29, 1.82) is 0 Å². The van der Waals surface area contributed by atoms with Crippen molar-refractivity contribution >= 4 is 11.7 Å². The minimum Gasteiger partial charge on any atom is -0.332 e. The molecule has 2 amide bonds. The van der Waals surface area contributed by atoms with Crippen LogP contribution in [0.5, 0.6) is 0 Å². The third-order valence-electron chi connectivity index (χ3n) is 2.09. The standard InChI is InChI=1S/C11H15F2N3O/c1-7(14)8-3-2-4-9(5-8)16-11(17)15-6-10(12)13/h2-5,7,10H,6,14H2,1H3,(H2,15,16,17). The van der Waals surface area contributed by atoms with Crippen LogP contribution in [0.15, 0.2) is 24.3 Å². The molecular weight excluding hydrogens is 228 g/mol. The van der Waals surface area contributed by atoms with Gasteiger partial charge >= 0.3 is 6.03 Å². The lowest BCUT2D eigenvalue weighted by atomic mass is 10.1. The maximum absolute atomic E-state index is 11.8. The van der Waals surface area contributed by atoms with E-state index in [1.807, 2.05) is 18.3 Å². The molecule has 0 aromatic heterocycles. The number of urea groups is 1. The third-order valence-corrected chi connectivity index (χ3v) is 2.09. The van der Waals surface area contributed by atoms with Crippen LogP contribution in [0.25, 0.3) is 0 Å². The van der Waals surface area contributed by atoms with Crippen LogP contribution in [-0.2, 0) is 0 Å². The van der Waals surface area contributed by atoms with E-state index < -0.39 is 19.0 Å². The molecule has 0 aliphatic heterocycles. The predicted molar refractivity (Wildman–Crippen MR) is 62.1 cm³/mol. The molecular formula is C11H15F2N3O. The lowest BCUT2D eigenvalue weighted by Crippen LogP contribution is -2.32. The second kappa shape index (κ2) is 6.15. The summed E-state index contributed by atoms with van der Waals surface area (Å²) in [6.07, 6.45) is -2.56. The van der Waals surface area contributed by atoms with E-state index in [1.165, 1.54) is 0 Å². The number of hydrogen-bond acceptors (Lipinski definition) is 2. The first-order valence-corrected chi connectivity index (χ1v) is 5.17. The Morgan fingerprint density at radius 1 is 1.47 bits per heavy atom. The number of anilines is 1. The summed E-state index contributed by atoms with van der Waals surface area (Å²) in [4.78, 5) is 11.2. The monoisotopic (exact) mass is 243 g/mol. The second-order valence-corrected chi connectivity index (χ2v) is 3.64. The van der Waals surface area contributed by atoms with Crippen LogP contribution in [0.4, 0.5) is 19.3 Å². The van der Waals surface area contributed by atoms with E-state index in [-0.39, 0.29) is 6.04 Å². The molecule has 1 unspecified atom stereocenters. The van der Waals surface area contributed by atoms with Gasteiger partial charge in [0, 0.05) is 11.7 Å². The van der Waals surface area contributed by atoms with Gasteiger partial charge in [0.1, 0.15) is 0 Å². The molecule has 4 nitrogen and oxygen atoms in total. The van der Waals surface area contributed by atoms with Gasteiger partial charge in [0.15, 0.2) is 0 Å². The molecule has 0 fully saturated rings. The highest BCUT2D eigenvalue weighted by Crippen LogP contribution is 2.15. The van der Waals surface area contributed by atoms with Crippen molar-refractivity contribution < 1.29 is 13.6 Å². The molecule has 0 aliphatic carbocycles. The summed E-state index contributed by atoms with van der Waals surface area (Å²) >= 11 is 0. The fourth-order valence-electron chi connectivity index (χ4n) is 1.24. The number of rotatable bonds is 4. The lowest BCUT2D eigenvalue weighted by Gasteiger charge is -2.10. The molecule has 6 heteroatoms. The van der Waals surface area contributed by atoms with Crippen LogP contribution >= 0.6 is 0 Å². The fourth-order valence-corrected chi connectivity index (χ4v) is 1.24. The van der Waals surface area contributed by atoms with Crippen molar-refractivity contribution in [3.8, 4) is 0 Å². The summed E-state index contributed by atoms with van der Waals surface area (Å²) in [7, 11) is 0. The van der Waals surface area contributed by atoms with Gasteiger partial charge in [0.2, 0.25) is 0 Å². The summed E-state index contributed by atoms with van der Waals surface area (Å²) in [5.41, 5.74) is 7.06. The van der Waals surface area contributed by atoms with Gasteiger partial charge in [0.25, 0.3) is 6.43 Å². The van der Waals surface area contributed by atoms with E-state index in [4.69, 9.17) is 5.73 Å². The molecule has 0 bridgehead atoms. The van der Waals surface area contributed by atoms with Crippen LogP contribution < -0.4 is 16.4 Å². The molecule has 0 saturated carbocycles. The van der Waals surface area contributed by atoms with E-state index >= 15 is 0 Å². The van der Waals surface area contributed by atoms with Gasteiger partial charge in [-0.05, 0) is 24.6 Å². The molecule has 0 spiro atoms. The van der Waals surface area contributed by atoms with Crippen LogP contribution in [-0.4, -0.2) is 19.0 Å². The highest BCUT2D eigenvalue weighted by molar-refractivity contribution is 5.89. The largest absolute Gasteiger partial charge is 0.332 e. The normalized spacial score (nSPS) is 12.3. The van der Waals surface area contributed by atoms with Crippen molar-refractivity contribution in [2.45, 2.75) is 19.4 Å². The van der Waals surface area contributed by atoms with Crippen LogP contribution in [0.2, 0.25) is 0 Å². The van der Waals surface area contributed by atoms with Crippen LogP contribution in [0.1, 0.15) is 18.5 Å². The van der Waals surface area contributed by atoms with Gasteiger partial charge in [-0.25, -0.2) is 13.6 Å². The summed E-state index contributed by atoms with van der Waals surface area (Å²) in [6, 6.07) is 6.11. The zero-order chi connectivity index (χ0) is 12.8. The summed E-state index contributed by atoms with van der Waals surface area (Å²) < 4.78 is 23.7. The number of alkyl halides is 2. The number of hydrogen-bond donors (Lipinski definition) is 3. The zero-order valence-corrected chi connectivity index (χ0v) is 9.41. The first-order valence-electron chi connectivity index (χ1n) is 5.17. The number of nitrogens with one attached hydrogen (secondary N) is 2. The average molecular weight is 243 g/mol. The minimum atomic E-state index is -2.56. The molecule has 4 N–H and O–H groups in total. The number of carbonyl (C=O) groups excluding carboxylic acids is 1. The fraction of sp³-hybridized carbons (Fsp3) is 0.364. The van der Waals surface area contributed by atoms with Crippen molar-refractivity contribution in [3.63, 3.8) is 0 Å². The SMILES string of the molecule is CC(N)c1cccc(NC(=O)NCC(F)F)c1. The third kappa shape index (κ3) is 4.78. The average Bonchev–Trinajstić information content (AvgIpc) is 2.26. The summed E-state index contributed by atoms with van der Waals surface area (Å²) in [5, 5.41) is 4.50. The van der Waals surface area contributed by atoms with Crippen LogP contribution in [0, 0.1) is 0 Å². The molecule has 0 aliphatic rings. The van der Waals surface area contributed by atoms with Crippen LogP contribution in [0.3, 0.4) is 0 Å². The molecule has 1 aromatic carbocycles. The first kappa shape index (κ1) is 13.4. The Morgan fingerprint density at radius 2 is 2.18 bits per heavy atom. The Kier molecular flexibility index (Phi) is 4.84. The van der Waals surface area contributed by atoms with E-state index in [1.54, 1.807) is 18.2 Å². The Morgan fingerprint density at radius 3 is 2.76 bits per heavy atom. The van der Waals surface area contributed by atoms with E-state index in [9.17, 15) is 13.6 Å². The summed E-state index contributed by atoms with van der Waals surface area (Å²) in [5.74, 6) is 0. The molecule has 1 rings (SSSR count). The van der Waals surface area contributed by atoms with Gasteiger partial charge in [-0.3, -0.25) is 0 Å². The van der Waals surface area contributed by atoms with Gasteiger partial charge in [-0.1, -0.05) is 12.1 Å². The molecule has 0 radical (unpaired) electrons. The summed E-state index contributed by atoms with van der Waals surface area (Å²) in [6.45, 7) is 1.15. The molecule has 0 saturated heterocycles. The minimum absolute atomic E-state index is 0.152. The smallest absolute Gasteiger partial charge is 0.319 e. The first-order chi connectivity index (χ1) is 7.99. The maximum atomic E-state index is 11.8. The van der Waals surface area contributed by atoms with Gasteiger partial charge in [-0.2, -0.15) is 0 Å². The Balaban J connectivity index is 2.56. The van der Waals surface area contributed by atoms with Crippen molar-refractivity contribution in [1.82, 2.24) is 5.32 Å². The zero-order valence-electron chi connectivity index (χ0n) is 9.41. The quantitative estimate of drug-likeness (QED) is 0.758. The Labute approximate surface area is 98.2 Å². The molecule has 94 valence electrons. The van der Waals surface area contributed by atoms with Crippen molar-refractivity contribution in [3.05, 3.63) is 29.8 Å². The molecule has 17 heavy (non-hydrogen) atoms. The van der Waals surface area contributed by atoms with Gasteiger partial charge in [-0.15, -0.1) is 0 Å². The highest BCUT2D eigenvalue weighted by atomic mass is 19.3. The lowest BCUT2D eigenvalue weighted by molar-refractivity contribution is 0.148. The van der Waals surface area contributed by atoms with Crippen molar-refractivity contribution in [2.75, 3.05) is 11.9 Å². The van der Waals surface area contributed by atoms with Crippen molar-refractivity contribution in [2.24, 2.45) is 5.73 Å². The number of halogens is 2. The Bertz CT molecular complexity index is 383. The predicted octanol–water partition coefficient (Wildman–Crippen LogP) is 2.09. The molecule has 1 atom stereocenters. The van der Waals surface area contributed by atoms with E-state index in [2.05, 4.69) is 5.32 Å². The number of benzene rings is 1. The Hall–Kier alpha value is -1.69. The number of nitrogens with two attached hydrogens (primary N) is 1. The highest BCUT2D eigenvalue weighted by Gasteiger charge is 2.07. The molecule has 1 aromatic rings. The van der Waals surface area contributed by atoms with Gasteiger partial charge in [0.05, 0.1) is 6.54 Å².